The molecule has 0 saturated carbocycles. The lowest BCUT2D eigenvalue weighted by Gasteiger charge is -2.02. The van der Waals surface area contributed by atoms with Crippen molar-refractivity contribution < 1.29 is 8.42 Å². The van der Waals surface area contributed by atoms with E-state index in [0.717, 1.165) is 0 Å². The van der Waals surface area contributed by atoms with Crippen molar-refractivity contribution >= 4 is 15.7 Å². The highest BCUT2D eigenvalue weighted by atomic mass is 32.2. The van der Waals surface area contributed by atoms with Crippen molar-refractivity contribution in [3.05, 3.63) is 30.4 Å². The molecule has 8 heteroatoms. The largest absolute Gasteiger partial charge is 0.363 e. The summed E-state index contributed by atoms with van der Waals surface area (Å²) in [6.45, 7) is 0.266. The van der Waals surface area contributed by atoms with Crippen molar-refractivity contribution in [1.82, 2.24) is 14.8 Å². The predicted molar refractivity (Wildman–Crippen MR) is 62.7 cm³/mol. The maximum absolute atomic E-state index is 11.9. The van der Waals surface area contributed by atoms with E-state index in [1.807, 2.05) is 0 Å². The zero-order valence-corrected chi connectivity index (χ0v) is 10.0. The summed E-state index contributed by atoms with van der Waals surface area (Å²) in [5.74, 6) is 0. The third-order valence-electron chi connectivity index (χ3n) is 2.20. The third-order valence-corrected chi connectivity index (χ3v) is 3.56. The second kappa shape index (κ2) is 4.22. The average Bonchev–Trinajstić information content (AvgIpc) is 2.86. The minimum atomic E-state index is -3.58. The summed E-state index contributed by atoms with van der Waals surface area (Å²) in [7, 11) is -1.87. The van der Waals surface area contributed by atoms with Crippen LogP contribution in [0.4, 0.5) is 5.69 Å². The number of aryl methyl sites for hydroxylation is 1. The monoisotopic (exact) mass is 255 g/mol. The third kappa shape index (κ3) is 2.48. The van der Waals surface area contributed by atoms with Crippen LogP contribution in [0.15, 0.2) is 29.6 Å². The standard InChI is InChI=1S/C9H13N5O2S/c1-14-6-8(4-12-14)13-17(15,16)9-2-7(3-10)11-5-9/h2,4-6,11,13H,3,10H2,1H3. The van der Waals surface area contributed by atoms with Gasteiger partial charge in [0.25, 0.3) is 10.0 Å². The molecule has 7 nitrogen and oxygen atoms in total. The number of aromatic nitrogens is 3. The van der Waals surface area contributed by atoms with Crippen molar-refractivity contribution in [2.75, 3.05) is 4.72 Å². The maximum Gasteiger partial charge on any atom is 0.263 e. The van der Waals surface area contributed by atoms with Crippen molar-refractivity contribution in [3.8, 4) is 0 Å². The van der Waals surface area contributed by atoms with Crippen LogP contribution in [0.25, 0.3) is 0 Å². The van der Waals surface area contributed by atoms with Gasteiger partial charge in [0.2, 0.25) is 0 Å². The first-order valence-electron chi connectivity index (χ1n) is 4.90. The highest BCUT2D eigenvalue weighted by Crippen LogP contribution is 2.15. The van der Waals surface area contributed by atoms with Crippen molar-refractivity contribution in [1.29, 1.82) is 0 Å². The molecular weight excluding hydrogens is 242 g/mol. The van der Waals surface area contributed by atoms with Crippen LogP contribution in [0, 0.1) is 0 Å². The normalized spacial score (nSPS) is 11.6. The molecule has 2 aromatic heterocycles. The van der Waals surface area contributed by atoms with E-state index in [-0.39, 0.29) is 11.4 Å². The lowest BCUT2D eigenvalue weighted by Crippen LogP contribution is -2.11. The summed E-state index contributed by atoms with van der Waals surface area (Å²) in [4.78, 5) is 2.94. The molecule has 92 valence electrons. The summed E-state index contributed by atoms with van der Waals surface area (Å²) >= 11 is 0. The van der Waals surface area contributed by atoms with Gasteiger partial charge in [0.15, 0.2) is 0 Å². The fraction of sp³-hybridized carbons (Fsp3) is 0.222. The number of H-pyrrole nitrogens is 1. The Hall–Kier alpha value is -1.80. The van der Waals surface area contributed by atoms with Gasteiger partial charge in [0.1, 0.15) is 4.90 Å². The average molecular weight is 255 g/mol. The van der Waals surface area contributed by atoms with Gasteiger partial charge in [-0.2, -0.15) is 5.10 Å². The van der Waals surface area contributed by atoms with Crippen molar-refractivity contribution in [3.63, 3.8) is 0 Å². The van der Waals surface area contributed by atoms with E-state index in [1.54, 1.807) is 13.2 Å². The molecule has 0 atom stereocenters. The van der Waals surface area contributed by atoms with Gasteiger partial charge in [-0.1, -0.05) is 0 Å². The number of nitrogens with zero attached hydrogens (tertiary/aromatic N) is 2. The minimum Gasteiger partial charge on any atom is -0.363 e. The second-order valence-electron chi connectivity index (χ2n) is 3.57. The van der Waals surface area contributed by atoms with Crippen LogP contribution >= 0.6 is 0 Å². The molecule has 0 spiro atoms. The molecule has 2 aromatic rings. The number of anilines is 1. The molecular formula is C9H13N5O2S. The van der Waals surface area contributed by atoms with E-state index in [2.05, 4.69) is 14.8 Å². The lowest BCUT2D eigenvalue weighted by atomic mass is 10.4. The molecule has 0 aromatic carbocycles. The fourth-order valence-electron chi connectivity index (χ4n) is 1.38. The van der Waals surface area contributed by atoms with Gasteiger partial charge >= 0.3 is 0 Å². The molecule has 0 radical (unpaired) electrons. The number of aromatic amines is 1. The molecule has 0 aliphatic carbocycles. The molecule has 0 saturated heterocycles. The molecule has 0 unspecified atom stereocenters. The SMILES string of the molecule is Cn1cc(NS(=O)(=O)c2c[nH]c(CN)c2)cn1. The zero-order chi connectivity index (χ0) is 12.5. The molecule has 2 rings (SSSR count). The summed E-state index contributed by atoms with van der Waals surface area (Å²) in [5.41, 5.74) is 6.49. The number of nitrogens with two attached hydrogens (primary N) is 1. The summed E-state index contributed by atoms with van der Waals surface area (Å²) in [6, 6.07) is 1.50. The highest BCUT2D eigenvalue weighted by molar-refractivity contribution is 7.92. The van der Waals surface area contributed by atoms with Crippen LogP contribution in [0.3, 0.4) is 0 Å². The number of nitrogens with one attached hydrogen (secondary N) is 2. The van der Waals surface area contributed by atoms with Gasteiger partial charge in [-0.3, -0.25) is 9.40 Å². The van der Waals surface area contributed by atoms with Crippen LogP contribution in [-0.2, 0) is 23.6 Å². The molecule has 0 fully saturated rings. The summed E-state index contributed by atoms with van der Waals surface area (Å²) < 4.78 is 27.8. The Labute approximate surface area is 98.7 Å². The van der Waals surface area contributed by atoms with E-state index >= 15 is 0 Å². The van der Waals surface area contributed by atoms with Crippen LogP contribution in [0.1, 0.15) is 5.69 Å². The Morgan fingerprint density at radius 1 is 1.59 bits per heavy atom. The lowest BCUT2D eigenvalue weighted by molar-refractivity contribution is 0.601. The number of sulfonamides is 1. The van der Waals surface area contributed by atoms with Gasteiger partial charge in [-0.25, -0.2) is 8.42 Å². The number of hydrogen-bond acceptors (Lipinski definition) is 4. The van der Waals surface area contributed by atoms with E-state index in [0.29, 0.717) is 11.4 Å². The fourth-order valence-corrected chi connectivity index (χ4v) is 2.42. The van der Waals surface area contributed by atoms with E-state index in [9.17, 15) is 8.42 Å². The molecule has 17 heavy (non-hydrogen) atoms. The smallest absolute Gasteiger partial charge is 0.263 e. The predicted octanol–water partition coefficient (Wildman–Crippen LogP) is 0.00770. The first kappa shape index (κ1) is 11.7. The van der Waals surface area contributed by atoms with Gasteiger partial charge in [0.05, 0.1) is 11.9 Å². The molecule has 2 heterocycles. The molecule has 0 aliphatic rings. The van der Waals surface area contributed by atoms with Crippen LogP contribution in [0.5, 0.6) is 0 Å². The number of hydrogen-bond donors (Lipinski definition) is 3. The maximum atomic E-state index is 11.9. The Morgan fingerprint density at radius 3 is 2.88 bits per heavy atom. The van der Waals surface area contributed by atoms with Gasteiger partial charge in [-0.15, -0.1) is 0 Å². The Morgan fingerprint density at radius 2 is 2.35 bits per heavy atom. The first-order valence-corrected chi connectivity index (χ1v) is 6.38. The van der Waals surface area contributed by atoms with Crippen molar-refractivity contribution in [2.45, 2.75) is 11.4 Å². The molecule has 0 amide bonds. The minimum absolute atomic E-state index is 0.154. The zero-order valence-electron chi connectivity index (χ0n) is 9.21. The second-order valence-corrected chi connectivity index (χ2v) is 5.26. The highest BCUT2D eigenvalue weighted by Gasteiger charge is 2.16. The molecule has 0 bridgehead atoms. The molecule has 4 N–H and O–H groups in total. The Bertz CT molecular complexity index is 613. The van der Waals surface area contributed by atoms with Crippen LogP contribution in [0.2, 0.25) is 0 Å². The van der Waals surface area contributed by atoms with Gasteiger partial charge in [-0.05, 0) is 6.07 Å². The van der Waals surface area contributed by atoms with Crippen LogP contribution in [-0.4, -0.2) is 23.2 Å². The molecule has 0 aliphatic heterocycles. The van der Waals surface area contributed by atoms with E-state index in [4.69, 9.17) is 5.73 Å². The van der Waals surface area contributed by atoms with Gasteiger partial charge in [0, 0.05) is 31.7 Å². The quantitative estimate of drug-likeness (QED) is 0.715. The van der Waals surface area contributed by atoms with Crippen molar-refractivity contribution in [2.24, 2.45) is 12.8 Å². The topological polar surface area (TPSA) is 106 Å². The summed E-state index contributed by atoms with van der Waals surface area (Å²) in [6.07, 6.45) is 4.42. The Kier molecular flexibility index (Phi) is 2.90. The first-order chi connectivity index (χ1) is 8.01. The number of rotatable bonds is 4. The summed E-state index contributed by atoms with van der Waals surface area (Å²) in [5, 5.41) is 3.88. The Balaban J connectivity index is 2.24. The van der Waals surface area contributed by atoms with Crippen LogP contribution < -0.4 is 10.5 Å². The van der Waals surface area contributed by atoms with Gasteiger partial charge < -0.3 is 10.7 Å². The van der Waals surface area contributed by atoms with E-state index < -0.39 is 10.0 Å². The van der Waals surface area contributed by atoms with E-state index in [1.165, 1.54) is 23.1 Å².